The van der Waals surface area contributed by atoms with Crippen molar-refractivity contribution in [2.75, 3.05) is 0 Å². The molecule has 2 saturated carbocycles. The van der Waals surface area contributed by atoms with Gasteiger partial charge in [-0.2, -0.15) is 5.10 Å². The average molecular weight is 343 g/mol. The molecule has 0 aliphatic heterocycles. The van der Waals surface area contributed by atoms with Gasteiger partial charge in [-0.3, -0.25) is 9.48 Å². The van der Waals surface area contributed by atoms with Gasteiger partial charge in [0.15, 0.2) is 0 Å². The molecule has 2 aromatic rings. The molecule has 1 aromatic heterocycles. The van der Waals surface area contributed by atoms with Crippen LogP contribution in [0.1, 0.15) is 42.9 Å². The first-order chi connectivity index (χ1) is 12.0. The molecule has 2 aliphatic carbocycles. The van der Waals surface area contributed by atoms with Gasteiger partial charge in [0.1, 0.15) is 5.82 Å². The van der Waals surface area contributed by atoms with Gasteiger partial charge in [0, 0.05) is 24.4 Å². The topological polar surface area (TPSA) is 67.2 Å². The van der Waals surface area contributed by atoms with Gasteiger partial charge >= 0.3 is 0 Å². The Morgan fingerprint density at radius 2 is 2.12 bits per heavy atom. The third kappa shape index (κ3) is 2.84. The second-order valence-corrected chi connectivity index (χ2v) is 7.35. The second-order valence-electron chi connectivity index (χ2n) is 7.35. The average Bonchev–Trinajstić information content (AvgIpc) is 3.26. The number of carbonyl (C=O) groups excluding carboxylic acids is 1. The van der Waals surface area contributed by atoms with E-state index in [-0.39, 0.29) is 29.8 Å². The molecule has 2 N–H and O–H groups in total. The summed E-state index contributed by atoms with van der Waals surface area (Å²) in [6.07, 6.45) is 5.97. The Morgan fingerprint density at radius 1 is 1.40 bits per heavy atom. The summed E-state index contributed by atoms with van der Waals surface area (Å²) >= 11 is 0. The number of aliphatic hydroxyl groups is 1. The van der Waals surface area contributed by atoms with E-state index in [0.717, 1.165) is 5.56 Å². The lowest BCUT2D eigenvalue weighted by molar-refractivity contribution is -0.125. The molecule has 0 bridgehead atoms. The maximum atomic E-state index is 14.2. The number of carbonyl (C=O) groups is 1. The number of rotatable bonds is 5. The van der Waals surface area contributed by atoms with E-state index in [9.17, 15) is 14.3 Å². The van der Waals surface area contributed by atoms with E-state index >= 15 is 0 Å². The number of nitrogens with one attached hydrogen (secondary N) is 1. The van der Waals surface area contributed by atoms with Crippen LogP contribution in [0.3, 0.4) is 0 Å². The summed E-state index contributed by atoms with van der Waals surface area (Å²) in [6.45, 7) is 0. The van der Waals surface area contributed by atoms with Crippen molar-refractivity contribution in [3.8, 4) is 0 Å². The molecule has 0 unspecified atom stereocenters. The van der Waals surface area contributed by atoms with Crippen LogP contribution in [0.5, 0.6) is 0 Å². The number of halogens is 1. The Kier molecular flexibility index (Phi) is 3.87. The minimum atomic E-state index is -0.756. The number of nitrogens with zero attached hydrogens (tertiary/aromatic N) is 2. The third-order valence-corrected chi connectivity index (χ3v) is 5.57. The highest BCUT2D eigenvalue weighted by Crippen LogP contribution is 2.50. The molecular formula is C19H22FN3O2. The molecule has 1 atom stereocenters. The first-order valence-corrected chi connectivity index (χ1v) is 8.72. The van der Waals surface area contributed by atoms with Crippen LogP contribution in [0.4, 0.5) is 4.39 Å². The fourth-order valence-corrected chi connectivity index (χ4v) is 3.85. The van der Waals surface area contributed by atoms with Crippen LogP contribution in [-0.4, -0.2) is 26.9 Å². The zero-order chi connectivity index (χ0) is 17.6. The zero-order valence-electron chi connectivity index (χ0n) is 14.2. The largest absolute Gasteiger partial charge is 0.393 e. The second kappa shape index (κ2) is 5.95. The minimum Gasteiger partial charge on any atom is -0.393 e. The highest BCUT2D eigenvalue weighted by Gasteiger charge is 2.53. The van der Waals surface area contributed by atoms with Crippen LogP contribution in [0, 0.1) is 11.7 Å². The Labute approximate surface area is 145 Å². The highest BCUT2D eigenvalue weighted by atomic mass is 19.1. The van der Waals surface area contributed by atoms with Gasteiger partial charge in [0.25, 0.3) is 0 Å². The van der Waals surface area contributed by atoms with Crippen molar-refractivity contribution in [3.63, 3.8) is 0 Å². The molecule has 2 fully saturated rings. The summed E-state index contributed by atoms with van der Waals surface area (Å²) in [5.41, 5.74) is 0.650. The SMILES string of the molecule is Cn1cc([C@@H](NC(=O)C2(c3ccccc3F)CC2)C2CC(O)C2)cn1. The van der Waals surface area contributed by atoms with Gasteiger partial charge < -0.3 is 10.4 Å². The van der Waals surface area contributed by atoms with E-state index in [4.69, 9.17) is 0 Å². The van der Waals surface area contributed by atoms with Gasteiger partial charge in [-0.15, -0.1) is 0 Å². The van der Waals surface area contributed by atoms with Crippen molar-refractivity contribution in [3.05, 3.63) is 53.6 Å². The summed E-state index contributed by atoms with van der Waals surface area (Å²) < 4.78 is 15.9. The number of hydrogen-bond donors (Lipinski definition) is 2. The van der Waals surface area contributed by atoms with E-state index in [0.29, 0.717) is 31.2 Å². The third-order valence-electron chi connectivity index (χ3n) is 5.57. The standard InChI is InChI=1S/C19H22FN3O2/c1-23-11-13(10-21-23)17(12-8-14(24)9-12)22-18(25)19(6-7-19)15-4-2-3-5-16(15)20/h2-5,10-12,14,17,24H,6-9H2,1H3,(H,22,25)/t12?,14?,17-/m0/s1. The normalized spacial score (nSPS) is 25.1. The predicted octanol–water partition coefficient (Wildman–Crippen LogP) is 2.22. The van der Waals surface area contributed by atoms with E-state index in [1.54, 1.807) is 29.1 Å². The van der Waals surface area contributed by atoms with Crippen molar-refractivity contribution in [2.24, 2.45) is 13.0 Å². The number of amides is 1. The van der Waals surface area contributed by atoms with Gasteiger partial charge in [-0.25, -0.2) is 4.39 Å². The molecular weight excluding hydrogens is 321 g/mol. The van der Waals surface area contributed by atoms with Crippen LogP contribution in [0.2, 0.25) is 0 Å². The molecule has 0 saturated heterocycles. The number of hydrogen-bond acceptors (Lipinski definition) is 3. The Balaban J connectivity index is 1.58. The number of benzene rings is 1. The summed E-state index contributed by atoms with van der Waals surface area (Å²) in [6, 6.07) is 6.32. The molecule has 1 amide bonds. The van der Waals surface area contributed by atoms with Gasteiger partial charge in [-0.1, -0.05) is 18.2 Å². The Bertz CT molecular complexity index is 793. The summed E-state index contributed by atoms with van der Waals surface area (Å²) in [5, 5.41) is 17.0. The number of aromatic nitrogens is 2. The lowest BCUT2D eigenvalue weighted by atomic mass is 9.75. The summed E-state index contributed by atoms with van der Waals surface area (Å²) in [5.74, 6) is -0.278. The predicted molar refractivity (Wildman–Crippen MR) is 90.1 cm³/mol. The quantitative estimate of drug-likeness (QED) is 0.875. The molecule has 1 heterocycles. The molecule has 2 aliphatic rings. The molecule has 4 rings (SSSR count). The van der Waals surface area contributed by atoms with Gasteiger partial charge in [-0.05, 0) is 37.7 Å². The molecule has 0 spiro atoms. The van der Waals surface area contributed by atoms with Crippen LogP contribution in [0.15, 0.2) is 36.7 Å². The van der Waals surface area contributed by atoms with E-state index in [2.05, 4.69) is 10.4 Å². The smallest absolute Gasteiger partial charge is 0.231 e. The van der Waals surface area contributed by atoms with Gasteiger partial charge in [0.05, 0.1) is 23.8 Å². The summed E-state index contributed by atoms with van der Waals surface area (Å²) in [4.78, 5) is 13.0. The Morgan fingerprint density at radius 3 is 2.68 bits per heavy atom. The lowest BCUT2D eigenvalue weighted by Gasteiger charge is -2.38. The van der Waals surface area contributed by atoms with E-state index in [1.165, 1.54) is 6.07 Å². The number of aliphatic hydroxyl groups excluding tert-OH is 1. The van der Waals surface area contributed by atoms with Crippen molar-refractivity contribution >= 4 is 5.91 Å². The first kappa shape index (κ1) is 16.3. The first-order valence-electron chi connectivity index (χ1n) is 8.72. The van der Waals surface area contributed by atoms with Crippen LogP contribution in [0.25, 0.3) is 0 Å². The lowest BCUT2D eigenvalue weighted by Crippen LogP contribution is -2.44. The Hall–Kier alpha value is -2.21. The minimum absolute atomic E-state index is 0.132. The van der Waals surface area contributed by atoms with Crippen molar-refractivity contribution in [1.29, 1.82) is 0 Å². The highest BCUT2D eigenvalue weighted by molar-refractivity contribution is 5.91. The van der Waals surface area contributed by atoms with Crippen molar-refractivity contribution in [1.82, 2.24) is 15.1 Å². The molecule has 25 heavy (non-hydrogen) atoms. The zero-order valence-corrected chi connectivity index (χ0v) is 14.2. The van der Waals surface area contributed by atoms with Crippen molar-refractivity contribution < 1.29 is 14.3 Å². The maximum Gasteiger partial charge on any atom is 0.231 e. The molecule has 132 valence electrons. The maximum absolute atomic E-state index is 14.2. The monoisotopic (exact) mass is 343 g/mol. The van der Waals surface area contributed by atoms with Crippen LogP contribution in [-0.2, 0) is 17.3 Å². The van der Waals surface area contributed by atoms with Gasteiger partial charge in [0.2, 0.25) is 5.91 Å². The molecule has 6 heteroatoms. The van der Waals surface area contributed by atoms with Crippen LogP contribution < -0.4 is 5.32 Å². The molecule has 1 aromatic carbocycles. The van der Waals surface area contributed by atoms with E-state index in [1.807, 2.05) is 13.2 Å². The fraction of sp³-hybridized carbons (Fsp3) is 0.474. The molecule has 0 radical (unpaired) electrons. The number of aryl methyl sites for hydroxylation is 1. The molecule has 5 nitrogen and oxygen atoms in total. The fourth-order valence-electron chi connectivity index (χ4n) is 3.85. The van der Waals surface area contributed by atoms with Crippen LogP contribution >= 0.6 is 0 Å². The van der Waals surface area contributed by atoms with E-state index < -0.39 is 5.41 Å². The van der Waals surface area contributed by atoms with Crippen molar-refractivity contribution in [2.45, 2.75) is 43.2 Å². The summed E-state index contributed by atoms with van der Waals surface area (Å²) in [7, 11) is 1.83.